The van der Waals surface area contributed by atoms with Gasteiger partial charge >= 0.3 is 14.3 Å². The molecule has 3 aliphatic rings. The van der Waals surface area contributed by atoms with E-state index in [9.17, 15) is 0 Å². The minimum Gasteiger partial charge on any atom is -0.534 e. The van der Waals surface area contributed by atoms with Crippen LogP contribution >= 0.6 is 0 Å². The van der Waals surface area contributed by atoms with Crippen molar-refractivity contribution in [3.05, 3.63) is 49.1 Å². The molecule has 4 rings (SSSR count). The fourth-order valence-electron chi connectivity index (χ4n) is 2.99. The summed E-state index contributed by atoms with van der Waals surface area (Å²) in [7, 11) is 5.59. The molecule has 8 nitrogen and oxygen atoms in total. The average molecular weight is 336 g/mol. The molecule has 0 spiro atoms. The Balaban J connectivity index is 1.38. The van der Waals surface area contributed by atoms with E-state index >= 15 is 0 Å². The summed E-state index contributed by atoms with van der Waals surface area (Å²) in [5.41, 5.74) is 1.11. The van der Waals surface area contributed by atoms with Crippen LogP contribution in [0.3, 0.4) is 0 Å². The van der Waals surface area contributed by atoms with Crippen molar-refractivity contribution >= 4 is 27.5 Å². The van der Waals surface area contributed by atoms with Gasteiger partial charge in [0.05, 0.1) is 13.3 Å². The fraction of sp³-hybridized carbons (Fsp3) is 0.286. The molecular weight excluding hydrogens is 315 g/mol. The summed E-state index contributed by atoms with van der Waals surface area (Å²) in [6.07, 6.45) is 8.23. The topological polar surface area (TPSA) is 58.3 Å². The van der Waals surface area contributed by atoms with Gasteiger partial charge in [0.1, 0.15) is 5.75 Å². The zero-order chi connectivity index (χ0) is 17.2. The van der Waals surface area contributed by atoms with Crippen LogP contribution in [0.2, 0.25) is 0 Å². The van der Waals surface area contributed by atoms with Gasteiger partial charge in [0, 0.05) is 50.6 Å². The van der Waals surface area contributed by atoms with Crippen molar-refractivity contribution in [1.29, 1.82) is 0 Å². The maximum absolute atomic E-state index is 6.08. The van der Waals surface area contributed by atoms with E-state index in [1.807, 2.05) is 39.0 Å². The lowest BCUT2D eigenvalue weighted by Crippen LogP contribution is -2.75. The van der Waals surface area contributed by atoms with Gasteiger partial charge in [0.25, 0.3) is 7.55 Å². The molecule has 1 aromatic carbocycles. The molecule has 11 heteroatoms. The van der Waals surface area contributed by atoms with Crippen molar-refractivity contribution < 1.29 is 4.65 Å². The van der Waals surface area contributed by atoms with Crippen molar-refractivity contribution in [1.82, 2.24) is 30.0 Å². The summed E-state index contributed by atoms with van der Waals surface area (Å²) >= 11 is 0. The Morgan fingerprint density at radius 2 is 1.88 bits per heavy atom. The monoisotopic (exact) mass is 336 g/mol. The third-order valence-corrected chi connectivity index (χ3v) is 4.30. The highest BCUT2D eigenvalue weighted by Gasteiger charge is 2.36. The van der Waals surface area contributed by atoms with Crippen LogP contribution in [-0.2, 0) is 0 Å². The summed E-state index contributed by atoms with van der Waals surface area (Å²) in [6, 6.07) is 8.11. The zero-order valence-electron chi connectivity index (χ0n) is 14.5. The molecule has 0 amide bonds. The zero-order valence-corrected chi connectivity index (χ0v) is 14.5. The molecule has 0 aliphatic carbocycles. The Hall–Kier alpha value is -2.23. The third kappa shape index (κ3) is 3.73. The second-order valence-electron chi connectivity index (χ2n) is 6.42. The van der Waals surface area contributed by atoms with Crippen molar-refractivity contribution in [3.8, 4) is 5.75 Å². The van der Waals surface area contributed by atoms with Gasteiger partial charge in [-0.1, -0.05) is 6.07 Å². The number of hydrogen-bond acceptors (Lipinski definition) is 8. The first kappa shape index (κ1) is 16.3. The normalized spacial score (nSPS) is 19.9. The molecule has 1 fully saturated rings. The van der Waals surface area contributed by atoms with Gasteiger partial charge in [0.15, 0.2) is 0 Å². The van der Waals surface area contributed by atoms with Crippen molar-refractivity contribution in [3.63, 3.8) is 0 Å². The predicted octanol–water partition coefficient (Wildman–Crippen LogP) is -0.792. The minimum absolute atomic E-state index is 0.0224. The minimum atomic E-state index is -0.308. The fourth-order valence-corrected chi connectivity index (χ4v) is 2.99. The number of nitrogens with one attached hydrogen (secondary N) is 3. The Morgan fingerprint density at radius 3 is 2.64 bits per heavy atom. The van der Waals surface area contributed by atoms with Crippen LogP contribution in [0.25, 0.3) is 0 Å². The molecule has 0 atom stereocenters. The molecule has 0 bridgehead atoms. The first-order valence-corrected chi connectivity index (χ1v) is 8.33. The quantitative estimate of drug-likeness (QED) is 0.619. The first-order valence-electron chi connectivity index (χ1n) is 8.33. The van der Waals surface area contributed by atoms with Crippen LogP contribution < -0.4 is 25.0 Å². The van der Waals surface area contributed by atoms with Gasteiger partial charge in [-0.25, -0.2) is 0 Å². The third-order valence-electron chi connectivity index (χ3n) is 4.30. The molecule has 3 heterocycles. The summed E-state index contributed by atoms with van der Waals surface area (Å²) in [5, 5.41) is 9.81. The Kier molecular flexibility index (Phi) is 4.52. The van der Waals surface area contributed by atoms with E-state index in [-0.39, 0.29) is 14.3 Å². The summed E-state index contributed by atoms with van der Waals surface area (Å²) in [6.45, 7) is 1.67. The lowest BCUT2D eigenvalue weighted by Gasteiger charge is -2.32. The van der Waals surface area contributed by atoms with Crippen LogP contribution in [-0.4, -0.2) is 63.9 Å². The molecule has 25 heavy (non-hydrogen) atoms. The Morgan fingerprint density at radius 1 is 1.04 bits per heavy atom. The van der Waals surface area contributed by atoms with Crippen LogP contribution in [0.4, 0.5) is 5.69 Å². The molecule has 3 N–H and O–H groups in total. The van der Waals surface area contributed by atoms with Crippen molar-refractivity contribution in [2.75, 3.05) is 32.3 Å². The second kappa shape index (κ2) is 6.95. The van der Waals surface area contributed by atoms with Gasteiger partial charge in [-0.3, -0.25) is 0 Å². The number of hydrogen-bond donors (Lipinski definition) is 3. The largest absolute Gasteiger partial charge is 0.534 e. The van der Waals surface area contributed by atoms with E-state index in [2.05, 4.69) is 66.6 Å². The molecule has 0 saturated carbocycles. The molecular formula is C14H21B3N7O. The highest BCUT2D eigenvalue weighted by atomic mass is 16.5. The van der Waals surface area contributed by atoms with Crippen molar-refractivity contribution in [2.45, 2.75) is 0 Å². The molecule has 1 radical (unpaired) electrons. The Bertz CT molecular complexity index is 676. The molecule has 1 saturated heterocycles. The smallest absolute Gasteiger partial charge is 0.522 e. The van der Waals surface area contributed by atoms with E-state index in [0.29, 0.717) is 0 Å². The summed E-state index contributed by atoms with van der Waals surface area (Å²) < 4.78 is 6.08. The Labute approximate surface area is 150 Å². The summed E-state index contributed by atoms with van der Waals surface area (Å²) in [4.78, 5) is 8.58. The van der Waals surface area contributed by atoms with Crippen LogP contribution in [0, 0.1) is 0 Å². The highest BCUT2D eigenvalue weighted by Crippen LogP contribution is 2.23. The second-order valence-corrected chi connectivity index (χ2v) is 6.42. The highest BCUT2D eigenvalue weighted by molar-refractivity contribution is 6.78. The van der Waals surface area contributed by atoms with E-state index in [4.69, 9.17) is 4.65 Å². The SMILES string of the molecule is CN1C=CN(B2N[B]NB(Oc3cccc(N4C=CN(C)C4)c3)N2)C1. The van der Waals surface area contributed by atoms with E-state index in [1.54, 1.807) is 0 Å². The molecule has 0 aromatic heterocycles. The molecule has 127 valence electrons. The number of anilines is 1. The van der Waals surface area contributed by atoms with Crippen LogP contribution in [0.1, 0.15) is 0 Å². The molecule has 0 unspecified atom stereocenters. The lowest BCUT2D eigenvalue weighted by atomic mass is 9.71. The molecule has 3 aliphatic heterocycles. The number of nitrogens with zero attached hydrogens (tertiary/aromatic N) is 4. The van der Waals surface area contributed by atoms with Crippen LogP contribution in [0.15, 0.2) is 49.1 Å². The first-order chi connectivity index (χ1) is 12.2. The van der Waals surface area contributed by atoms with Gasteiger partial charge in [-0.05, 0) is 12.1 Å². The number of benzene rings is 1. The van der Waals surface area contributed by atoms with Crippen LogP contribution in [0.5, 0.6) is 5.75 Å². The predicted molar refractivity (Wildman–Crippen MR) is 102 cm³/mol. The maximum atomic E-state index is 6.08. The van der Waals surface area contributed by atoms with E-state index in [1.165, 1.54) is 0 Å². The van der Waals surface area contributed by atoms with Gasteiger partial charge in [-0.2, -0.15) is 0 Å². The van der Waals surface area contributed by atoms with Crippen molar-refractivity contribution in [2.24, 2.45) is 0 Å². The standard InChI is InChI=1S/C14H21B3N7O/c1-21-6-8-23(11-21)13-4-3-5-14(10-13)25-17-19-15-18-16(20-17)24-9-7-22(2)12-24/h3-10,18-20H,11-12H2,1-2H3. The lowest BCUT2D eigenvalue weighted by molar-refractivity contribution is 0.387. The van der Waals surface area contributed by atoms with Gasteiger partial charge in [-0.15, -0.1) is 0 Å². The average Bonchev–Trinajstić information content (AvgIpc) is 3.24. The summed E-state index contributed by atoms with van der Waals surface area (Å²) in [5.74, 6) is 0.814. The van der Waals surface area contributed by atoms with Gasteiger partial charge < -0.3 is 39.6 Å². The molecule has 1 aromatic rings. The van der Waals surface area contributed by atoms with E-state index < -0.39 is 0 Å². The number of rotatable bonds is 4. The van der Waals surface area contributed by atoms with Gasteiger partial charge in [0.2, 0.25) is 0 Å². The van der Waals surface area contributed by atoms with E-state index in [0.717, 1.165) is 24.8 Å². The maximum Gasteiger partial charge on any atom is 0.522 e.